The van der Waals surface area contributed by atoms with Gasteiger partial charge >= 0.3 is 0 Å². The molecular formula is C61H41N5. The van der Waals surface area contributed by atoms with Crippen molar-refractivity contribution in [3.8, 4) is 112 Å². The minimum Gasteiger partial charge on any atom is -0.265 e. The van der Waals surface area contributed by atoms with Gasteiger partial charge in [-0.3, -0.25) is 4.98 Å². The predicted octanol–water partition coefficient (Wildman–Crippen LogP) is 15.3. The lowest BCUT2D eigenvalue weighted by molar-refractivity contribution is 1.18. The standard InChI is InChI=1S/C61H41N5/c1-5-20-42(21-6-1)47-28-13-18-33-54(47)61-64-56(45-24-9-3-10-25-45)41-57(66-61)50-30-15-14-29-49(50)52-35-19-34-48(43-36-38-62-39-37-43)59(52)53-32-17-16-31-51(53)58-40-55(44-22-7-2-8-23-44)63-60(65-58)46-26-11-4-12-27-46/h1-41H. The molecule has 11 aromatic rings. The number of hydrogen-bond donors (Lipinski definition) is 0. The van der Waals surface area contributed by atoms with Gasteiger partial charge in [0.05, 0.1) is 22.8 Å². The second-order valence-electron chi connectivity index (χ2n) is 16.0. The summed E-state index contributed by atoms with van der Waals surface area (Å²) in [7, 11) is 0. The van der Waals surface area contributed by atoms with Crippen LogP contribution in [0.15, 0.2) is 249 Å². The molecule has 0 amide bonds. The van der Waals surface area contributed by atoms with Crippen molar-refractivity contribution in [2.24, 2.45) is 0 Å². The third-order valence-corrected chi connectivity index (χ3v) is 11.9. The second kappa shape index (κ2) is 18.0. The highest BCUT2D eigenvalue weighted by atomic mass is 14.9. The number of hydrogen-bond acceptors (Lipinski definition) is 5. The Morgan fingerprint density at radius 2 is 0.591 bits per heavy atom. The summed E-state index contributed by atoms with van der Waals surface area (Å²) in [5.74, 6) is 1.32. The van der Waals surface area contributed by atoms with Crippen molar-refractivity contribution in [1.29, 1.82) is 0 Å². The summed E-state index contributed by atoms with van der Waals surface area (Å²) in [4.78, 5) is 25.6. The van der Waals surface area contributed by atoms with Crippen LogP contribution in [0, 0.1) is 0 Å². The molecule has 0 fully saturated rings. The van der Waals surface area contributed by atoms with Crippen LogP contribution in [0.3, 0.4) is 0 Å². The summed E-state index contributed by atoms with van der Waals surface area (Å²) in [6.45, 7) is 0. The van der Waals surface area contributed by atoms with E-state index in [9.17, 15) is 0 Å². The predicted molar refractivity (Wildman–Crippen MR) is 270 cm³/mol. The van der Waals surface area contributed by atoms with Crippen LogP contribution in [-0.4, -0.2) is 24.9 Å². The van der Waals surface area contributed by atoms with Crippen LogP contribution in [0.5, 0.6) is 0 Å². The SMILES string of the molecule is c1ccc(-c2cc(-c3ccccc3-c3c(-c4ccncc4)cccc3-c3ccccc3-c3cc(-c4ccccc4)nc(-c4ccccc4-c4ccccc4)n3)nc(-c3ccccc3)n2)cc1. The first-order valence-electron chi connectivity index (χ1n) is 22.1. The summed E-state index contributed by atoms with van der Waals surface area (Å²) in [6.07, 6.45) is 3.71. The van der Waals surface area contributed by atoms with Crippen LogP contribution in [0.25, 0.3) is 112 Å². The van der Waals surface area contributed by atoms with E-state index >= 15 is 0 Å². The van der Waals surface area contributed by atoms with Crippen LogP contribution in [0.4, 0.5) is 0 Å². The zero-order chi connectivity index (χ0) is 44.1. The summed E-state index contributed by atoms with van der Waals surface area (Å²) in [5, 5.41) is 0. The summed E-state index contributed by atoms with van der Waals surface area (Å²) < 4.78 is 0. The monoisotopic (exact) mass is 843 g/mol. The molecule has 11 rings (SSSR count). The number of benzene rings is 8. The Hall–Kier alpha value is -8.93. The molecule has 0 aliphatic heterocycles. The fourth-order valence-corrected chi connectivity index (χ4v) is 8.77. The van der Waals surface area contributed by atoms with Crippen molar-refractivity contribution in [2.75, 3.05) is 0 Å². The first kappa shape index (κ1) is 39.9. The number of aromatic nitrogens is 5. The highest BCUT2D eigenvalue weighted by molar-refractivity contribution is 6.02. The van der Waals surface area contributed by atoms with E-state index in [4.69, 9.17) is 19.9 Å². The smallest absolute Gasteiger partial charge is 0.161 e. The van der Waals surface area contributed by atoms with E-state index in [-0.39, 0.29) is 0 Å². The molecule has 0 aliphatic rings. The minimum absolute atomic E-state index is 0.656. The molecule has 0 unspecified atom stereocenters. The average Bonchev–Trinajstić information content (AvgIpc) is 3.41. The van der Waals surface area contributed by atoms with Gasteiger partial charge in [0.15, 0.2) is 11.6 Å². The topological polar surface area (TPSA) is 64.5 Å². The van der Waals surface area contributed by atoms with E-state index in [0.29, 0.717) is 11.6 Å². The minimum atomic E-state index is 0.656. The van der Waals surface area contributed by atoms with Crippen LogP contribution in [0.2, 0.25) is 0 Å². The molecule has 66 heavy (non-hydrogen) atoms. The van der Waals surface area contributed by atoms with Gasteiger partial charge in [-0.1, -0.05) is 212 Å². The molecule has 8 aromatic carbocycles. The maximum atomic E-state index is 5.46. The van der Waals surface area contributed by atoms with E-state index in [2.05, 4.69) is 193 Å². The van der Waals surface area contributed by atoms with Crippen molar-refractivity contribution < 1.29 is 0 Å². The van der Waals surface area contributed by atoms with E-state index in [1.54, 1.807) is 0 Å². The van der Waals surface area contributed by atoms with Gasteiger partial charge in [0.25, 0.3) is 0 Å². The average molecular weight is 844 g/mol. The van der Waals surface area contributed by atoms with Gasteiger partial charge < -0.3 is 0 Å². The van der Waals surface area contributed by atoms with E-state index < -0.39 is 0 Å². The summed E-state index contributed by atoms with van der Waals surface area (Å²) in [6, 6.07) is 81.9. The van der Waals surface area contributed by atoms with Crippen LogP contribution >= 0.6 is 0 Å². The Kier molecular flexibility index (Phi) is 10.9. The third kappa shape index (κ3) is 7.98. The fourth-order valence-electron chi connectivity index (χ4n) is 8.77. The van der Waals surface area contributed by atoms with Crippen LogP contribution < -0.4 is 0 Å². The van der Waals surface area contributed by atoms with Gasteiger partial charge in [-0.2, -0.15) is 0 Å². The van der Waals surface area contributed by atoms with Crippen molar-refractivity contribution in [3.05, 3.63) is 249 Å². The highest BCUT2D eigenvalue weighted by Crippen LogP contribution is 2.46. The molecule has 0 bridgehead atoms. The zero-order valence-electron chi connectivity index (χ0n) is 35.9. The molecule has 5 nitrogen and oxygen atoms in total. The number of nitrogens with zero attached hydrogens (tertiary/aromatic N) is 5. The van der Waals surface area contributed by atoms with Gasteiger partial charge in [-0.15, -0.1) is 0 Å². The molecular weight excluding hydrogens is 803 g/mol. The van der Waals surface area contributed by atoms with Crippen molar-refractivity contribution >= 4 is 0 Å². The van der Waals surface area contributed by atoms with E-state index in [1.165, 1.54) is 0 Å². The maximum Gasteiger partial charge on any atom is 0.161 e. The number of pyridine rings is 1. The fraction of sp³-hybridized carbons (Fsp3) is 0. The summed E-state index contributed by atoms with van der Waals surface area (Å²) in [5.41, 5.74) is 17.8. The molecule has 0 saturated carbocycles. The zero-order valence-corrected chi connectivity index (χ0v) is 35.9. The van der Waals surface area contributed by atoms with Gasteiger partial charge in [-0.05, 0) is 68.8 Å². The molecule has 0 radical (unpaired) electrons. The first-order chi connectivity index (χ1) is 32.7. The lowest BCUT2D eigenvalue weighted by atomic mass is 9.83. The number of rotatable bonds is 10. The quantitative estimate of drug-likeness (QED) is 0.137. The molecule has 0 atom stereocenters. The lowest BCUT2D eigenvalue weighted by Gasteiger charge is -2.21. The first-order valence-corrected chi connectivity index (χ1v) is 22.1. The van der Waals surface area contributed by atoms with Gasteiger partial charge in [0, 0.05) is 45.8 Å². The van der Waals surface area contributed by atoms with Gasteiger partial charge in [0.1, 0.15) is 0 Å². The van der Waals surface area contributed by atoms with Crippen molar-refractivity contribution in [1.82, 2.24) is 24.9 Å². The molecule has 3 aromatic heterocycles. The molecule has 0 N–H and O–H groups in total. The molecule has 310 valence electrons. The Bertz CT molecular complexity index is 3390. The highest BCUT2D eigenvalue weighted by Gasteiger charge is 2.23. The van der Waals surface area contributed by atoms with Gasteiger partial charge in [0.2, 0.25) is 0 Å². The Labute approximate surface area is 384 Å². The summed E-state index contributed by atoms with van der Waals surface area (Å²) >= 11 is 0. The third-order valence-electron chi connectivity index (χ3n) is 11.9. The molecule has 5 heteroatoms. The maximum absolute atomic E-state index is 5.46. The second-order valence-corrected chi connectivity index (χ2v) is 16.0. The Balaban J connectivity index is 1.15. The van der Waals surface area contributed by atoms with Crippen LogP contribution in [-0.2, 0) is 0 Å². The molecule has 0 aliphatic carbocycles. The largest absolute Gasteiger partial charge is 0.265 e. The Morgan fingerprint density at radius 3 is 1.18 bits per heavy atom. The molecule has 3 heterocycles. The molecule has 0 spiro atoms. The molecule has 0 saturated heterocycles. The Morgan fingerprint density at radius 1 is 0.212 bits per heavy atom. The van der Waals surface area contributed by atoms with E-state index in [0.717, 1.165) is 101 Å². The van der Waals surface area contributed by atoms with Crippen molar-refractivity contribution in [2.45, 2.75) is 0 Å². The van der Waals surface area contributed by atoms with Gasteiger partial charge in [-0.25, -0.2) is 19.9 Å². The van der Waals surface area contributed by atoms with Crippen molar-refractivity contribution in [3.63, 3.8) is 0 Å². The van der Waals surface area contributed by atoms with Crippen LogP contribution in [0.1, 0.15) is 0 Å². The van der Waals surface area contributed by atoms with E-state index in [1.807, 2.05) is 60.9 Å². The lowest BCUT2D eigenvalue weighted by Crippen LogP contribution is -2.00. The normalized spacial score (nSPS) is 11.0.